The van der Waals surface area contributed by atoms with Gasteiger partial charge >= 0.3 is 5.97 Å². The molecule has 0 amide bonds. The monoisotopic (exact) mass is 437 g/mol. The summed E-state index contributed by atoms with van der Waals surface area (Å²) in [6, 6.07) is 18.7. The molecule has 2 heterocycles. The second kappa shape index (κ2) is 7.86. The van der Waals surface area contributed by atoms with Gasteiger partial charge in [-0.25, -0.2) is 9.79 Å². The summed E-state index contributed by atoms with van der Waals surface area (Å²) in [5.74, 6) is 1.52. The van der Waals surface area contributed by atoms with Crippen molar-refractivity contribution >= 4 is 33.9 Å². The lowest BCUT2D eigenvalue weighted by Gasteiger charge is -2.08. The Morgan fingerprint density at radius 3 is 2.57 bits per heavy atom. The van der Waals surface area contributed by atoms with Gasteiger partial charge in [0.1, 0.15) is 17.3 Å². The van der Waals surface area contributed by atoms with E-state index in [1.54, 1.807) is 18.2 Å². The van der Waals surface area contributed by atoms with Crippen molar-refractivity contribution < 1.29 is 18.7 Å². The summed E-state index contributed by atoms with van der Waals surface area (Å²) >= 11 is 3.51. The van der Waals surface area contributed by atoms with Crippen LogP contribution in [0, 0.1) is 0 Å². The number of nitrogens with zero attached hydrogens (tertiary/aromatic N) is 1. The minimum atomic E-state index is -0.528. The van der Waals surface area contributed by atoms with Crippen molar-refractivity contribution in [3.63, 3.8) is 0 Å². The van der Waals surface area contributed by atoms with E-state index in [1.165, 1.54) is 0 Å². The molecule has 2 aromatic carbocycles. The highest BCUT2D eigenvalue weighted by Gasteiger charge is 2.26. The Hall–Kier alpha value is -3.12. The Morgan fingerprint density at radius 2 is 1.79 bits per heavy atom. The first-order chi connectivity index (χ1) is 13.7. The number of furan rings is 1. The van der Waals surface area contributed by atoms with E-state index in [0.717, 1.165) is 10.0 Å². The molecule has 0 N–H and O–H groups in total. The molecule has 0 spiro atoms. The van der Waals surface area contributed by atoms with Crippen molar-refractivity contribution in [2.45, 2.75) is 6.92 Å². The lowest BCUT2D eigenvalue weighted by molar-refractivity contribution is -0.129. The number of carbonyl (C=O) groups excluding carboxylic acids is 1. The zero-order valence-corrected chi connectivity index (χ0v) is 16.6. The van der Waals surface area contributed by atoms with Crippen molar-refractivity contribution in [2.24, 2.45) is 4.99 Å². The Kier molecular flexibility index (Phi) is 5.12. The Morgan fingerprint density at radius 1 is 1.04 bits per heavy atom. The first-order valence-electron chi connectivity index (χ1n) is 8.75. The maximum absolute atomic E-state index is 12.3. The molecule has 1 aliphatic heterocycles. The Labute approximate surface area is 170 Å². The fourth-order valence-corrected chi connectivity index (χ4v) is 3.30. The number of hydrogen-bond donors (Lipinski definition) is 0. The van der Waals surface area contributed by atoms with E-state index in [0.29, 0.717) is 29.4 Å². The van der Waals surface area contributed by atoms with Gasteiger partial charge in [0.2, 0.25) is 5.90 Å². The van der Waals surface area contributed by atoms with Crippen LogP contribution in [0.5, 0.6) is 5.75 Å². The summed E-state index contributed by atoms with van der Waals surface area (Å²) in [7, 11) is 0. The van der Waals surface area contributed by atoms with Crippen molar-refractivity contribution in [1.29, 1.82) is 0 Å². The standard InChI is InChI=1S/C22H16BrNO4/c1-2-26-19-10-6-4-8-16(19)21-24-18(22(25)28-21)13-14-11-12-20(27-14)15-7-3-5-9-17(15)23/h3-13H,2H2,1H3. The van der Waals surface area contributed by atoms with Crippen molar-refractivity contribution in [3.8, 4) is 17.1 Å². The van der Waals surface area contributed by atoms with Gasteiger partial charge in [-0.3, -0.25) is 0 Å². The van der Waals surface area contributed by atoms with E-state index in [9.17, 15) is 4.79 Å². The maximum Gasteiger partial charge on any atom is 0.363 e. The van der Waals surface area contributed by atoms with Crippen LogP contribution in [0.4, 0.5) is 0 Å². The van der Waals surface area contributed by atoms with Crippen LogP contribution in [0.2, 0.25) is 0 Å². The highest BCUT2D eigenvalue weighted by Crippen LogP contribution is 2.31. The van der Waals surface area contributed by atoms with Gasteiger partial charge in [-0.15, -0.1) is 0 Å². The number of halogens is 1. The van der Waals surface area contributed by atoms with Crippen LogP contribution in [-0.4, -0.2) is 18.5 Å². The summed E-state index contributed by atoms with van der Waals surface area (Å²) in [6.07, 6.45) is 1.57. The predicted octanol–water partition coefficient (Wildman–Crippen LogP) is 5.45. The predicted molar refractivity (Wildman–Crippen MR) is 110 cm³/mol. The molecule has 5 nitrogen and oxygen atoms in total. The molecule has 0 unspecified atom stereocenters. The summed E-state index contributed by atoms with van der Waals surface area (Å²) in [6.45, 7) is 2.40. The molecule has 0 bridgehead atoms. The van der Waals surface area contributed by atoms with Crippen LogP contribution in [-0.2, 0) is 9.53 Å². The van der Waals surface area contributed by atoms with Gasteiger partial charge < -0.3 is 13.9 Å². The zero-order valence-electron chi connectivity index (χ0n) is 15.0. The van der Waals surface area contributed by atoms with E-state index in [-0.39, 0.29) is 11.6 Å². The molecule has 6 heteroatoms. The maximum atomic E-state index is 12.3. The molecule has 0 saturated heterocycles. The molecule has 3 aromatic rings. The number of ether oxygens (including phenoxy) is 2. The third-order valence-corrected chi connectivity index (χ3v) is 4.77. The summed E-state index contributed by atoms with van der Waals surface area (Å²) in [5, 5.41) is 0. The van der Waals surface area contributed by atoms with Crippen molar-refractivity contribution in [1.82, 2.24) is 0 Å². The van der Waals surface area contributed by atoms with E-state index < -0.39 is 5.97 Å². The number of cyclic esters (lactones) is 1. The lowest BCUT2D eigenvalue weighted by Crippen LogP contribution is -2.07. The number of benzene rings is 2. The molecule has 4 rings (SSSR count). The quantitative estimate of drug-likeness (QED) is 0.393. The molecule has 0 fully saturated rings. The highest BCUT2D eigenvalue weighted by atomic mass is 79.9. The van der Waals surface area contributed by atoms with Gasteiger partial charge in [0, 0.05) is 16.1 Å². The van der Waals surface area contributed by atoms with Gasteiger partial charge in [-0.05, 0) is 37.3 Å². The van der Waals surface area contributed by atoms with Gasteiger partial charge in [-0.1, -0.05) is 46.3 Å². The fourth-order valence-electron chi connectivity index (χ4n) is 2.82. The fraction of sp³-hybridized carbons (Fsp3) is 0.0909. The van der Waals surface area contributed by atoms with Crippen LogP contribution < -0.4 is 4.74 Å². The van der Waals surface area contributed by atoms with E-state index in [1.807, 2.05) is 55.5 Å². The largest absolute Gasteiger partial charge is 0.493 e. The molecule has 0 atom stereocenters. The number of rotatable bonds is 5. The van der Waals surface area contributed by atoms with E-state index in [4.69, 9.17) is 13.9 Å². The zero-order chi connectivity index (χ0) is 19.5. The molecule has 1 aliphatic rings. The summed E-state index contributed by atoms with van der Waals surface area (Å²) in [4.78, 5) is 16.6. The molecule has 140 valence electrons. The molecular formula is C22H16BrNO4. The SMILES string of the molecule is CCOc1ccccc1C1=NC(=Cc2ccc(-c3ccccc3Br)o2)C(=O)O1. The first kappa shape index (κ1) is 18.3. The average molecular weight is 438 g/mol. The van der Waals surface area contributed by atoms with Crippen LogP contribution >= 0.6 is 15.9 Å². The number of esters is 1. The van der Waals surface area contributed by atoms with Crippen LogP contribution in [0.3, 0.4) is 0 Å². The average Bonchev–Trinajstić information content (AvgIpc) is 3.30. The molecule has 28 heavy (non-hydrogen) atoms. The van der Waals surface area contributed by atoms with E-state index in [2.05, 4.69) is 20.9 Å². The molecule has 1 aromatic heterocycles. The summed E-state index contributed by atoms with van der Waals surface area (Å²) < 4.78 is 17.7. The van der Waals surface area contributed by atoms with Gasteiger partial charge in [0.15, 0.2) is 5.70 Å². The Bertz CT molecular complexity index is 1100. The lowest BCUT2D eigenvalue weighted by atomic mass is 10.2. The van der Waals surface area contributed by atoms with Gasteiger partial charge in [0.25, 0.3) is 0 Å². The van der Waals surface area contributed by atoms with Gasteiger partial charge in [0.05, 0.1) is 12.2 Å². The molecule has 0 aliphatic carbocycles. The summed E-state index contributed by atoms with van der Waals surface area (Å²) in [5.41, 5.74) is 1.74. The smallest absolute Gasteiger partial charge is 0.363 e. The number of hydrogen-bond acceptors (Lipinski definition) is 5. The van der Waals surface area contributed by atoms with Crippen LogP contribution in [0.1, 0.15) is 18.2 Å². The highest BCUT2D eigenvalue weighted by molar-refractivity contribution is 9.10. The molecule has 0 saturated carbocycles. The first-order valence-corrected chi connectivity index (χ1v) is 9.54. The van der Waals surface area contributed by atoms with Crippen molar-refractivity contribution in [3.05, 3.63) is 82.2 Å². The normalized spacial score (nSPS) is 14.9. The van der Waals surface area contributed by atoms with Gasteiger partial charge in [-0.2, -0.15) is 0 Å². The second-order valence-corrected chi connectivity index (χ2v) is 6.80. The van der Waals surface area contributed by atoms with Crippen molar-refractivity contribution in [2.75, 3.05) is 6.61 Å². The van der Waals surface area contributed by atoms with Crippen LogP contribution in [0.25, 0.3) is 17.4 Å². The third-order valence-electron chi connectivity index (χ3n) is 4.08. The number of aliphatic imine (C=N–C) groups is 1. The molecule has 0 radical (unpaired) electrons. The minimum absolute atomic E-state index is 0.175. The Balaban J connectivity index is 1.64. The molecular weight excluding hydrogens is 422 g/mol. The topological polar surface area (TPSA) is 61.0 Å². The third kappa shape index (κ3) is 3.64. The van der Waals surface area contributed by atoms with Crippen LogP contribution in [0.15, 0.2) is 80.2 Å². The number of para-hydroxylation sites is 1. The van der Waals surface area contributed by atoms with E-state index >= 15 is 0 Å². The number of carbonyl (C=O) groups is 1. The second-order valence-electron chi connectivity index (χ2n) is 5.95. The minimum Gasteiger partial charge on any atom is -0.493 e.